The molecule has 1 aliphatic heterocycles. The van der Waals surface area contributed by atoms with Gasteiger partial charge in [0.15, 0.2) is 6.29 Å². The van der Waals surface area contributed by atoms with E-state index in [9.17, 15) is 25.2 Å². The third-order valence-electron chi connectivity index (χ3n) is 6.79. The topological polar surface area (TPSA) is 133 Å². The average molecular weight is 513 g/mol. The van der Waals surface area contributed by atoms with Crippen LogP contribution < -0.4 is 10.1 Å². The van der Waals surface area contributed by atoms with Crippen molar-refractivity contribution in [2.24, 2.45) is 0 Å². The van der Waals surface area contributed by atoms with Crippen LogP contribution in [0.15, 0.2) is 54.7 Å². The number of nitrogens with one attached hydrogen (secondary N) is 1. The molecule has 2 aromatic carbocycles. The lowest BCUT2D eigenvalue weighted by Gasteiger charge is -2.46. The van der Waals surface area contributed by atoms with E-state index >= 15 is 0 Å². The van der Waals surface area contributed by atoms with Gasteiger partial charge < -0.3 is 39.8 Å². The molecule has 9 nitrogen and oxygen atoms in total. The maximum atomic E-state index is 13.5. The van der Waals surface area contributed by atoms with Crippen molar-refractivity contribution in [1.29, 1.82) is 0 Å². The van der Waals surface area contributed by atoms with Crippen molar-refractivity contribution in [3.8, 4) is 5.75 Å². The van der Waals surface area contributed by atoms with Crippen LogP contribution in [0.25, 0.3) is 21.0 Å². The molecule has 1 aliphatic rings. The number of thiophene rings is 1. The van der Waals surface area contributed by atoms with Gasteiger partial charge in [-0.1, -0.05) is 18.2 Å². The lowest BCUT2D eigenvalue weighted by atomic mass is 9.85. The van der Waals surface area contributed by atoms with Gasteiger partial charge in [0.2, 0.25) is 0 Å². The number of nitrogens with zero attached hydrogens (tertiary/aromatic N) is 1. The second-order valence-electron chi connectivity index (χ2n) is 9.00. The Kier molecular flexibility index (Phi) is 6.73. The van der Waals surface area contributed by atoms with Crippen LogP contribution in [0.5, 0.6) is 5.75 Å². The Morgan fingerprint density at radius 3 is 2.72 bits per heavy atom. The number of aliphatic hydroxyl groups excluding tert-OH is 4. The molecule has 36 heavy (non-hydrogen) atoms. The van der Waals surface area contributed by atoms with E-state index in [0.717, 1.165) is 15.8 Å². The lowest BCUT2D eigenvalue weighted by Crippen LogP contribution is -2.70. The first-order valence-electron chi connectivity index (χ1n) is 11.6. The number of amides is 1. The number of hydrogen-bond acceptors (Lipinski definition) is 8. The molecule has 0 spiro atoms. The summed E-state index contributed by atoms with van der Waals surface area (Å²) in [5, 5.41) is 45.1. The second kappa shape index (κ2) is 9.81. The SMILES string of the molecule is COc1ccc2c(C(=O)N[C@]3(CO)C(O)CC(CO)OC3O)cn(Cc3cc4ccccc4s3)c2c1. The average Bonchev–Trinajstić information content (AvgIpc) is 3.46. The highest BCUT2D eigenvalue weighted by Gasteiger charge is 2.51. The van der Waals surface area contributed by atoms with E-state index < -0.39 is 43.2 Å². The fourth-order valence-corrected chi connectivity index (χ4v) is 5.80. The number of methoxy groups -OCH3 is 1. The molecule has 0 aliphatic carbocycles. The summed E-state index contributed by atoms with van der Waals surface area (Å²) in [5.74, 6) is 0.0528. The van der Waals surface area contributed by atoms with Crippen molar-refractivity contribution in [3.05, 3.63) is 65.2 Å². The van der Waals surface area contributed by atoms with Crippen molar-refractivity contribution in [1.82, 2.24) is 9.88 Å². The number of fused-ring (bicyclic) bond motifs is 2. The highest BCUT2D eigenvalue weighted by molar-refractivity contribution is 7.19. The van der Waals surface area contributed by atoms with Gasteiger partial charge in [0.25, 0.3) is 5.91 Å². The van der Waals surface area contributed by atoms with Crippen LogP contribution in [0, 0.1) is 0 Å². The highest BCUT2D eigenvalue weighted by atomic mass is 32.1. The molecule has 4 atom stereocenters. The van der Waals surface area contributed by atoms with Gasteiger partial charge in [-0.2, -0.15) is 0 Å². The molecule has 4 aromatic rings. The minimum atomic E-state index is -1.84. The molecular formula is C26H28N2O7S. The molecule has 5 rings (SSSR count). The van der Waals surface area contributed by atoms with Crippen LogP contribution in [-0.2, 0) is 11.3 Å². The van der Waals surface area contributed by atoms with E-state index in [-0.39, 0.29) is 6.42 Å². The largest absolute Gasteiger partial charge is 0.497 e. The van der Waals surface area contributed by atoms with Crippen molar-refractivity contribution in [2.45, 2.75) is 37.0 Å². The molecule has 190 valence electrons. The first kappa shape index (κ1) is 24.7. The summed E-state index contributed by atoms with van der Waals surface area (Å²) < 4.78 is 13.9. The fourth-order valence-electron chi connectivity index (χ4n) is 4.74. The molecule has 3 unspecified atom stereocenters. The lowest BCUT2D eigenvalue weighted by molar-refractivity contribution is -0.253. The third kappa shape index (κ3) is 4.26. The first-order chi connectivity index (χ1) is 17.4. The van der Waals surface area contributed by atoms with E-state index in [4.69, 9.17) is 9.47 Å². The van der Waals surface area contributed by atoms with Crippen molar-refractivity contribution in [3.63, 3.8) is 0 Å². The quantitative estimate of drug-likeness (QED) is 0.255. The molecular weight excluding hydrogens is 484 g/mol. The summed E-state index contributed by atoms with van der Waals surface area (Å²) in [6.45, 7) is -0.641. The molecule has 1 fully saturated rings. The monoisotopic (exact) mass is 512 g/mol. The van der Waals surface area contributed by atoms with Crippen molar-refractivity contribution in [2.75, 3.05) is 20.3 Å². The van der Waals surface area contributed by atoms with Gasteiger partial charge in [-0.05, 0) is 29.7 Å². The summed E-state index contributed by atoms with van der Waals surface area (Å²) in [7, 11) is 1.57. The standard InChI is InChI=1S/C26H28N2O7S/c1-34-16-6-7-19-20(24(32)27-26(14-30)23(31)10-17(13-29)35-25(26)33)12-28(21(19)9-16)11-18-8-15-4-2-3-5-22(15)36-18/h2-9,12,17,23,25,29-31,33H,10-11,13-14H2,1H3,(H,27,32)/t17?,23?,25?,26-/m1/s1. The van der Waals surface area contributed by atoms with Crippen LogP contribution in [0.1, 0.15) is 21.7 Å². The number of carbonyl (C=O) groups excluding carboxylic acids is 1. The van der Waals surface area contributed by atoms with Crippen LogP contribution in [0.3, 0.4) is 0 Å². The van der Waals surface area contributed by atoms with E-state index in [1.807, 2.05) is 22.8 Å². The number of ether oxygens (including phenoxy) is 2. The number of hydrogen-bond donors (Lipinski definition) is 5. The predicted molar refractivity (Wildman–Crippen MR) is 135 cm³/mol. The Labute approximate surface area is 211 Å². The first-order valence-corrected chi connectivity index (χ1v) is 12.4. The molecule has 0 saturated carbocycles. The van der Waals surface area contributed by atoms with Gasteiger partial charge in [0.1, 0.15) is 11.3 Å². The molecule has 1 amide bonds. The molecule has 2 aromatic heterocycles. The predicted octanol–water partition coefficient (Wildman–Crippen LogP) is 1.83. The Morgan fingerprint density at radius 2 is 2.03 bits per heavy atom. The zero-order valence-electron chi connectivity index (χ0n) is 19.6. The molecule has 1 saturated heterocycles. The smallest absolute Gasteiger partial charge is 0.254 e. The number of rotatable bonds is 7. The Balaban J connectivity index is 1.51. The van der Waals surface area contributed by atoms with Gasteiger partial charge in [-0.15, -0.1) is 11.3 Å². The Hall–Kier alpha value is -2.99. The van der Waals surface area contributed by atoms with Crippen LogP contribution in [0.4, 0.5) is 0 Å². The minimum Gasteiger partial charge on any atom is -0.497 e. The minimum absolute atomic E-state index is 0.0563. The third-order valence-corrected chi connectivity index (χ3v) is 7.89. The van der Waals surface area contributed by atoms with E-state index in [1.165, 1.54) is 4.70 Å². The summed E-state index contributed by atoms with van der Waals surface area (Å²) >= 11 is 1.67. The maximum Gasteiger partial charge on any atom is 0.254 e. The Bertz CT molecular complexity index is 1350. The van der Waals surface area contributed by atoms with E-state index in [0.29, 0.717) is 23.2 Å². The zero-order valence-corrected chi connectivity index (χ0v) is 20.4. The van der Waals surface area contributed by atoms with Gasteiger partial charge in [0.05, 0.1) is 50.2 Å². The van der Waals surface area contributed by atoms with Gasteiger partial charge in [0, 0.05) is 33.6 Å². The number of benzene rings is 2. The van der Waals surface area contributed by atoms with Gasteiger partial charge in [-0.3, -0.25) is 4.79 Å². The van der Waals surface area contributed by atoms with Crippen LogP contribution in [0.2, 0.25) is 0 Å². The summed E-state index contributed by atoms with van der Waals surface area (Å²) in [5.41, 5.74) is -0.753. The summed E-state index contributed by atoms with van der Waals surface area (Å²) in [4.78, 5) is 14.6. The van der Waals surface area contributed by atoms with E-state index in [1.54, 1.807) is 36.8 Å². The van der Waals surface area contributed by atoms with Crippen molar-refractivity contribution < 1.29 is 34.7 Å². The normalized spacial score (nSPS) is 24.3. The Morgan fingerprint density at radius 1 is 1.22 bits per heavy atom. The van der Waals surface area contributed by atoms with Gasteiger partial charge in [-0.25, -0.2) is 0 Å². The van der Waals surface area contributed by atoms with Crippen LogP contribution in [-0.4, -0.2) is 75.3 Å². The molecule has 3 heterocycles. The van der Waals surface area contributed by atoms with Crippen LogP contribution >= 0.6 is 11.3 Å². The zero-order chi connectivity index (χ0) is 25.4. The van der Waals surface area contributed by atoms with Crippen molar-refractivity contribution >= 4 is 38.2 Å². The number of carbonyl (C=O) groups is 1. The second-order valence-corrected chi connectivity index (χ2v) is 10.2. The molecule has 10 heteroatoms. The summed E-state index contributed by atoms with van der Waals surface area (Å²) in [6.07, 6.45) is -2.19. The fraction of sp³-hybridized carbons (Fsp3) is 0.346. The molecule has 5 N–H and O–H groups in total. The van der Waals surface area contributed by atoms with Gasteiger partial charge >= 0.3 is 0 Å². The summed E-state index contributed by atoms with van der Waals surface area (Å²) in [6, 6.07) is 15.6. The van der Waals surface area contributed by atoms with E-state index in [2.05, 4.69) is 23.5 Å². The number of aromatic nitrogens is 1. The molecule has 0 bridgehead atoms. The number of aliphatic hydroxyl groups is 4. The molecule has 0 radical (unpaired) electrons. The highest BCUT2D eigenvalue weighted by Crippen LogP contribution is 2.32. The maximum absolute atomic E-state index is 13.5.